The molecular formula is C16H22O8Si. The molecular weight excluding hydrogens is 348 g/mol. The highest BCUT2D eigenvalue weighted by atomic mass is 28.4. The molecule has 1 rings (SSSR count). The zero-order chi connectivity index (χ0) is 19.0. The average molecular weight is 370 g/mol. The van der Waals surface area contributed by atoms with Gasteiger partial charge in [0, 0.05) is 27.9 Å². The number of rotatable bonds is 8. The summed E-state index contributed by atoms with van der Waals surface area (Å²) in [5.74, 6) is -1.55. The first-order chi connectivity index (χ1) is 11.7. The molecule has 0 aliphatic rings. The second-order valence-corrected chi connectivity index (χ2v) is 7.54. The number of hydrogen-bond acceptors (Lipinski definition) is 8. The van der Waals surface area contributed by atoms with Crippen LogP contribution in [-0.2, 0) is 38.4 Å². The Morgan fingerprint density at radius 2 is 1.36 bits per heavy atom. The van der Waals surface area contributed by atoms with Gasteiger partial charge in [-0.15, -0.1) is 0 Å². The van der Waals surface area contributed by atoms with Crippen LogP contribution in [0.5, 0.6) is 5.75 Å². The van der Waals surface area contributed by atoms with E-state index in [2.05, 4.69) is 0 Å². The van der Waals surface area contributed by atoms with Crippen LogP contribution in [0.4, 0.5) is 0 Å². The van der Waals surface area contributed by atoms with Crippen molar-refractivity contribution in [3.05, 3.63) is 29.8 Å². The summed E-state index contributed by atoms with van der Waals surface area (Å²) < 4.78 is 25.9. The first-order valence-corrected chi connectivity index (χ1v) is 9.46. The fourth-order valence-corrected chi connectivity index (χ4v) is 4.39. The van der Waals surface area contributed by atoms with Crippen molar-refractivity contribution in [1.82, 2.24) is 0 Å². The normalized spacial score (nSPS) is 12.0. The minimum atomic E-state index is -3.90. The highest BCUT2D eigenvalue weighted by Crippen LogP contribution is 2.21. The standard InChI is InChI=1S/C16H22O8Si/c1-11(17)22-25(23-12(2)18,24-13(3)19)10-15-6-8-16(9-7-15)21-14(4)20-5/h6-9,14H,10H2,1-5H3. The van der Waals surface area contributed by atoms with Crippen LogP contribution in [0.2, 0.25) is 0 Å². The highest BCUT2D eigenvalue weighted by Gasteiger charge is 2.52. The van der Waals surface area contributed by atoms with Gasteiger partial charge in [-0.1, -0.05) is 12.1 Å². The van der Waals surface area contributed by atoms with Crippen LogP contribution in [0.15, 0.2) is 24.3 Å². The number of benzene rings is 1. The summed E-state index contributed by atoms with van der Waals surface area (Å²) in [5, 5.41) is 0. The Morgan fingerprint density at radius 1 is 0.920 bits per heavy atom. The lowest BCUT2D eigenvalue weighted by atomic mass is 10.2. The molecule has 0 radical (unpaired) electrons. The zero-order valence-electron chi connectivity index (χ0n) is 14.9. The van der Waals surface area contributed by atoms with Crippen molar-refractivity contribution in [2.24, 2.45) is 0 Å². The molecule has 0 amide bonds. The molecule has 1 aromatic rings. The van der Waals surface area contributed by atoms with Gasteiger partial charge in [0.25, 0.3) is 17.9 Å². The van der Waals surface area contributed by atoms with E-state index in [1.807, 2.05) is 0 Å². The lowest BCUT2D eigenvalue weighted by Gasteiger charge is -2.26. The maximum Gasteiger partial charge on any atom is 0.709 e. The van der Waals surface area contributed by atoms with Gasteiger partial charge >= 0.3 is 8.80 Å². The number of carbonyl (C=O) groups is 3. The van der Waals surface area contributed by atoms with Crippen LogP contribution in [0.25, 0.3) is 0 Å². The number of hydrogen-bond donors (Lipinski definition) is 0. The van der Waals surface area contributed by atoms with Crippen molar-refractivity contribution >= 4 is 26.7 Å². The SMILES string of the molecule is COC(C)Oc1ccc(C[Si](OC(C)=O)(OC(C)=O)OC(C)=O)cc1. The van der Waals surface area contributed by atoms with Crippen LogP contribution in [0.3, 0.4) is 0 Å². The van der Waals surface area contributed by atoms with E-state index in [4.69, 9.17) is 22.8 Å². The molecule has 0 spiro atoms. The van der Waals surface area contributed by atoms with Crippen LogP contribution >= 0.6 is 0 Å². The molecule has 0 aromatic heterocycles. The van der Waals surface area contributed by atoms with Crippen molar-refractivity contribution in [1.29, 1.82) is 0 Å². The molecule has 0 saturated heterocycles. The van der Waals surface area contributed by atoms with E-state index in [1.165, 1.54) is 7.11 Å². The first-order valence-electron chi connectivity index (χ1n) is 7.53. The zero-order valence-corrected chi connectivity index (χ0v) is 15.9. The summed E-state index contributed by atoms with van der Waals surface area (Å²) in [6, 6.07) is 6.70. The third kappa shape index (κ3) is 7.35. The van der Waals surface area contributed by atoms with Crippen LogP contribution in [0.1, 0.15) is 33.3 Å². The Bertz CT molecular complexity index is 572. The predicted octanol–water partition coefficient (Wildman–Crippen LogP) is 1.77. The quantitative estimate of drug-likeness (QED) is 0.504. The van der Waals surface area contributed by atoms with Crippen molar-refractivity contribution in [3.8, 4) is 5.75 Å². The Labute approximate surface area is 147 Å². The van der Waals surface area contributed by atoms with Gasteiger partial charge in [-0.2, -0.15) is 0 Å². The van der Waals surface area contributed by atoms with E-state index in [-0.39, 0.29) is 6.04 Å². The van der Waals surface area contributed by atoms with E-state index in [9.17, 15) is 14.4 Å². The van der Waals surface area contributed by atoms with Crippen molar-refractivity contribution in [2.45, 2.75) is 40.0 Å². The summed E-state index contributed by atoms with van der Waals surface area (Å²) in [6.07, 6.45) is -0.414. The van der Waals surface area contributed by atoms with Gasteiger partial charge in [0.2, 0.25) is 0 Å². The van der Waals surface area contributed by atoms with Gasteiger partial charge in [-0.25, -0.2) is 0 Å². The number of ether oxygens (including phenoxy) is 2. The molecule has 1 aromatic carbocycles. The maximum atomic E-state index is 11.4. The number of carbonyl (C=O) groups excluding carboxylic acids is 3. The molecule has 25 heavy (non-hydrogen) atoms. The Morgan fingerprint density at radius 3 is 1.72 bits per heavy atom. The van der Waals surface area contributed by atoms with E-state index < -0.39 is 33.0 Å². The van der Waals surface area contributed by atoms with Gasteiger partial charge in [0.05, 0.1) is 6.04 Å². The lowest BCUT2D eigenvalue weighted by molar-refractivity contribution is -0.147. The van der Waals surface area contributed by atoms with Crippen molar-refractivity contribution in [3.63, 3.8) is 0 Å². The Kier molecular flexibility index (Phi) is 7.59. The van der Waals surface area contributed by atoms with Gasteiger partial charge in [-0.3, -0.25) is 14.4 Å². The molecule has 0 heterocycles. The van der Waals surface area contributed by atoms with Gasteiger partial charge < -0.3 is 22.8 Å². The molecule has 0 saturated carbocycles. The molecule has 1 atom stereocenters. The minimum absolute atomic E-state index is 0.0359. The molecule has 0 bridgehead atoms. The van der Waals surface area contributed by atoms with E-state index in [0.29, 0.717) is 11.3 Å². The molecule has 9 heteroatoms. The van der Waals surface area contributed by atoms with E-state index in [1.54, 1.807) is 31.2 Å². The topological polar surface area (TPSA) is 97.4 Å². The molecule has 0 aliphatic carbocycles. The minimum Gasteiger partial charge on any atom is -0.465 e. The molecule has 0 fully saturated rings. The van der Waals surface area contributed by atoms with E-state index in [0.717, 1.165) is 20.8 Å². The largest absolute Gasteiger partial charge is 0.709 e. The van der Waals surface area contributed by atoms with Crippen LogP contribution < -0.4 is 4.74 Å². The van der Waals surface area contributed by atoms with Crippen molar-refractivity contribution < 1.29 is 37.1 Å². The third-order valence-electron chi connectivity index (χ3n) is 2.88. The maximum absolute atomic E-state index is 11.4. The summed E-state index contributed by atoms with van der Waals surface area (Å²) in [7, 11) is -2.37. The summed E-state index contributed by atoms with van der Waals surface area (Å²) in [5.41, 5.74) is 0.646. The summed E-state index contributed by atoms with van der Waals surface area (Å²) in [4.78, 5) is 34.3. The Hall–Kier alpha value is -2.39. The molecule has 0 aliphatic heterocycles. The third-order valence-corrected chi connectivity index (χ3v) is 5.51. The first kappa shape index (κ1) is 20.7. The second kappa shape index (κ2) is 9.18. The number of methoxy groups -OCH3 is 1. The highest BCUT2D eigenvalue weighted by molar-refractivity contribution is 6.65. The fraction of sp³-hybridized carbons (Fsp3) is 0.438. The molecule has 8 nitrogen and oxygen atoms in total. The molecule has 1 unspecified atom stereocenters. The van der Waals surface area contributed by atoms with E-state index >= 15 is 0 Å². The second-order valence-electron chi connectivity index (χ2n) is 5.21. The van der Waals surface area contributed by atoms with Gasteiger partial charge in [-0.05, 0) is 24.6 Å². The lowest BCUT2D eigenvalue weighted by Crippen LogP contribution is -2.51. The van der Waals surface area contributed by atoms with Crippen LogP contribution in [0, 0.1) is 0 Å². The summed E-state index contributed by atoms with van der Waals surface area (Å²) in [6.45, 7) is 5.20. The molecule has 138 valence electrons. The van der Waals surface area contributed by atoms with Gasteiger partial charge in [0.1, 0.15) is 5.75 Å². The Balaban J connectivity index is 3.04. The molecule has 0 N–H and O–H groups in total. The van der Waals surface area contributed by atoms with Gasteiger partial charge in [0.15, 0.2) is 6.29 Å². The van der Waals surface area contributed by atoms with Crippen molar-refractivity contribution in [2.75, 3.05) is 7.11 Å². The fourth-order valence-electron chi connectivity index (χ4n) is 2.00. The monoisotopic (exact) mass is 370 g/mol. The average Bonchev–Trinajstić information content (AvgIpc) is 2.46. The summed E-state index contributed by atoms with van der Waals surface area (Å²) >= 11 is 0. The smallest absolute Gasteiger partial charge is 0.465 e. The predicted molar refractivity (Wildman–Crippen MR) is 88.3 cm³/mol. The van der Waals surface area contributed by atoms with Crippen LogP contribution in [-0.4, -0.2) is 40.1 Å².